The van der Waals surface area contributed by atoms with Crippen molar-refractivity contribution in [3.63, 3.8) is 0 Å². The third kappa shape index (κ3) is 2.89. The van der Waals surface area contributed by atoms with Crippen molar-refractivity contribution in [2.45, 2.75) is 30.3 Å². The molecule has 0 bridgehead atoms. The summed E-state index contributed by atoms with van der Waals surface area (Å²) >= 11 is 0. The molecule has 3 rings (SSSR count). The van der Waals surface area contributed by atoms with Crippen LogP contribution in [0.15, 0.2) is 47.4 Å². The van der Waals surface area contributed by atoms with Gasteiger partial charge < -0.3 is 5.11 Å². The van der Waals surface area contributed by atoms with Gasteiger partial charge in [0.05, 0.1) is 11.0 Å². The Bertz CT molecular complexity index is 772. The van der Waals surface area contributed by atoms with E-state index in [1.54, 1.807) is 19.2 Å². The minimum absolute atomic E-state index is 0.0419. The minimum atomic E-state index is -3.52. The first-order chi connectivity index (χ1) is 10.5. The van der Waals surface area contributed by atoms with Gasteiger partial charge in [0.15, 0.2) is 0 Å². The highest BCUT2D eigenvalue weighted by molar-refractivity contribution is 7.89. The molecule has 0 amide bonds. The Morgan fingerprint density at radius 3 is 2.55 bits per heavy atom. The molecule has 0 heterocycles. The molecule has 1 fully saturated rings. The predicted octanol–water partition coefficient (Wildman–Crippen LogP) is 2.62. The fourth-order valence-electron chi connectivity index (χ4n) is 3.17. The molecule has 2 aromatic rings. The molecule has 5 heteroatoms. The smallest absolute Gasteiger partial charge is 0.242 e. The summed E-state index contributed by atoms with van der Waals surface area (Å²) in [5.41, 5.74) is 0. The summed E-state index contributed by atoms with van der Waals surface area (Å²) < 4.78 is 26.8. The normalized spacial score (nSPS) is 22.5. The van der Waals surface area contributed by atoms with Gasteiger partial charge in [-0.3, -0.25) is 0 Å². The number of hydrogen-bond acceptors (Lipinski definition) is 3. The molecule has 2 unspecified atom stereocenters. The van der Waals surface area contributed by atoms with Gasteiger partial charge in [-0.2, -0.15) is 0 Å². The first-order valence-corrected chi connectivity index (χ1v) is 9.06. The van der Waals surface area contributed by atoms with Crippen LogP contribution in [0, 0.1) is 5.92 Å². The minimum Gasteiger partial charge on any atom is -0.393 e. The zero-order valence-corrected chi connectivity index (χ0v) is 13.5. The molecule has 0 radical (unpaired) electrons. The summed E-state index contributed by atoms with van der Waals surface area (Å²) in [6.07, 6.45) is 2.25. The molecule has 1 N–H and O–H groups in total. The lowest BCUT2D eigenvalue weighted by Gasteiger charge is -2.23. The number of aliphatic hydroxyl groups is 1. The van der Waals surface area contributed by atoms with E-state index in [-0.39, 0.29) is 12.0 Å². The molecule has 1 aliphatic carbocycles. The van der Waals surface area contributed by atoms with Crippen LogP contribution in [0.1, 0.15) is 19.3 Å². The van der Waals surface area contributed by atoms with E-state index in [4.69, 9.17) is 0 Å². The van der Waals surface area contributed by atoms with Crippen molar-refractivity contribution in [2.24, 2.45) is 5.92 Å². The van der Waals surface area contributed by atoms with Crippen LogP contribution in [0.3, 0.4) is 0 Å². The predicted molar refractivity (Wildman–Crippen MR) is 87.1 cm³/mol. The van der Waals surface area contributed by atoms with E-state index in [0.717, 1.165) is 30.0 Å². The van der Waals surface area contributed by atoms with Gasteiger partial charge in [-0.05, 0) is 41.7 Å². The van der Waals surface area contributed by atoms with Crippen LogP contribution in [0.25, 0.3) is 10.8 Å². The van der Waals surface area contributed by atoms with Crippen LogP contribution in [0.5, 0.6) is 0 Å². The molecular weight excluding hydrogens is 298 g/mol. The SMILES string of the molecule is CN(CC1CCCC1O)S(=O)(=O)c1ccc2ccccc2c1. The third-order valence-corrected chi connectivity index (χ3v) is 6.36. The molecule has 0 saturated heterocycles. The summed E-state index contributed by atoms with van der Waals surface area (Å²) in [5, 5.41) is 11.8. The number of aliphatic hydroxyl groups excluding tert-OH is 1. The van der Waals surface area contributed by atoms with Crippen LogP contribution in [0.2, 0.25) is 0 Å². The standard InChI is InChI=1S/C17H21NO3S/c1-18(12-15-7-4-8-17(15)19)22(20,21)16-10-9-13-5-2-3-6-14(13)11-16/h2-3,5-6,9-11,15,17,19H,4,7-8,12H2,1H3. The van der Waals surface area contributed by atoms with Crippen LogP contribution < -0.4 is 0 Å². The van der Waals surface area contributed by atoms with E-state index in [1.165, 1.54) is 4.31 Å². The van der Waals surface area contributed by atoms with Gasteiger partial charge in [-0.15, -0.1) is 0 Å². The van der Waals surface area contributed by atoms with Crippen LogP contribution >= 0.6 is 0 Å². The third-order valence-electron chi connectivity index (χ3n) is 4.54. The molecule has 1 aliphatic rings. The second-order valence-electron chi connectivity index (χ2n) is 6.05. The van der Waals surface area contributed by atoms with Gasteiger partial charge >= 0.3 is 0 Å². The largest absolute Gasteiger partial charge is 0.393 e. The molecule has 4 nitrogen and oxygen atoms in total. The van der Waals surface area contributed by atoms with E-state index < -0.39 is 10.0 Å². The Hall–Kier alpha value is -1.43. The molecule has 1 saturated carbocycles. The van der Waals surface area contributed by atoms with Crippen molar-refractivity contribution < 1.29 is 13.5 Å². The Kier molecular flexibility index (Phi) is 4.21. The topological polar surface area (TPSA) is 57.6 Å². The number of sulfonamides is 1. The van der Waals surface area contributed by atoms with Crippen LogP contribution in [-0.2, 0) is 10.0 Å². The average molecular weight is 319 g/mol. The van der Waals surface area contributed by atoms with Crippen LogP contribution in [-0.4, -0.2) is 37.5 Å². The lowest BCUT2D eigenvalue weighted by molar-refractivity contribution is 0.123. The van der Waals surface area contributed by atoms with Gasteiger partial charge in [0.1, 0.15) is 0 Å². The number of hydrogen-bond donors (Lipinski definition) is 1. The highest BCUT2D eigenvalue weighted by Gasteiger charge is 2.30. The number of fused-ring (bicyclic) bond motifs is 1. The second-order valence-corrected chi connectivity index (χ2v) is 8.10. The van der Waals surface area contributed by atoms with Gasteiger partial charge in [0.2, 0.25) is 10.0 Å². The Morgan fingerprint density at radius 2 is 1.86 bits per heavy atom. The molecule has 0 spiro atoms. The van der Waals surface area contributed by atoms with Crippen molar-refractivity contribution in [1.29, 1.82) is 0 Å². The quantitative estimate of drug-likeness (QED) is 0.942. The van der Waals surface area contributed by atoms with Crippen molar-refractivity contribution in [1.82, 2.24) is 4.31 Å². The van der Waals surface area contributed by atoms with Crippen molar-refractivity contribution >= 4 is 20.8 Å². The Labute approximate surface area is 131 Å². The highest BCUT2D eigenvalue weighted by Crippen LogP contribution is 2.28. The summed E-state index contributed by atoms with van der Waals surface area (Å²) in [4.78, 5) is 0.307. The lowest BCUT2D eigenvalue weighted by Crippen LogP contribution is -2.34. The zero-order chi connectivity index (χ0) is 15.7. The van der Waals surface area contributed by atoms with E-state index in [0.29, 0.717) is 11.4 Å². The van der Waals surface area contributed by atoms with Gasteiger partial charge in [0, 0.05) is 13.6 Å². The lowest BCUT2D eigenvalue weighted by atomic mass is 10.1. The maximum Gasteiger partial charge on any atom is 0.242 e. The highest BCUT2D eigenvalue weighted by atomic mass is 32.2. The average Bonchev–Trinajstić information content (AvgIpc) is 2.92. The summed E-state index contributed by atoms with van der Waals surface area (Å²) in [7, 11) is -1.93. The first-order valence-electron chi connectivity index (χ1n) is 7.62. The Balaban J connectivity index is 1.86. The first kappa shape index (κ1) is 15.5. The molecule has 2 atom stereocenters. The number of nitrogens with zero attached hydrogens (tertiary/aromatic N) is 1. The maximum atomic E-state index is 12.7. The molecule has 0 aliphatic heterocycles. The molecule has 22 heavy (non-hydrogen) atoms. The monoisotopic (exact) mass is 319 g/mol. The van der Waals surface area contributed by atoms with Crippen molar-refractivity contribution in [3.05, 3.63) is 42.5 Å². The molecule has 118 valence electrons. The fraction of sp³-hybridized carbons (Fsp3) is 0.412. The van der Waals surface area contributed by atoms with E-state index in [9.17, 15) is 13.5 Å². The van der Waals surface area contributed by atoms with Gasteiger partial charge in [0.25, 0.3) is 0 Å². The Morgan fingerprint density at radius 1 is 1.14 bits per heavy atom. The zero-order valence-electron chi connectivity index (χ0n) is 12.6. The summed E-state index contributed by atoms with van der Waals surface area (Å²) in [6.45, 7) is 0.371. The van der Waals surface area contributed by atoms with Crippen molar-refractivity contribution in [2.75, 3.05) is 13.6 Å². The maximum absolute atomic E-state index is 12.7. The van der Waals surface area contributed by atoms with E-state index in [2.05, 4.69) is 0 Å². The second kappa shape index (κ2) is 5.99. The molecule has 0 aromatic heterocycles. The van der Waals surface area contributed by atoms with Crippen molar-refractivity contribution in [3.8, 4) is 0 Å². The summed E-state index contributed by atoms with van der Waals surface area (Å²) in [6, 6.07) is 12.9. The van der Waals surface area contributed by atoms with E-state index >= 15 is 0 Å². The molecule has 2 aromatic carbocycles. The number of benzene rings is 2. The van der Waals surface area contributed by atoms with Gasteiger partial charge in [-0.1, -0.05) is 36.8 Å². The fourth-order valence-corrected chi connectivity index (χ4v) is 4.43. The molecular formula is C17H21NO3S. The van der Waals surface area contributed by atoms with Crippen LogP contribution in [0.4, 0.5) is 0 Å². The summed E-state index contributed by atoms with van der Waals surface area (Å²) in [5.74, 6) is 0.0419. The van der Waals surface area contributed by atoms with Gasteiger partial charge in [-0.25, -0.2) is 12.7 Å². The van der Waals surface area contributed by atoms with E-state index in [1.807, 2.05) is 30.3 Å². The number of rotatable bonds is 4.